The van der Waals surface area contributed by atoms with Crippen molar-refractivity contribution < 1.29 is 35.6 Å². The van der Waals surface area contributed by atoms with Gasteiger partial charge in [0.1, 0.15) is 24.4 Å². The van der Waals surface area contributed by atoms with Crippen LogP contribution in [0.5, 0.6) is 0 Å². The summed E-state index contributed by atoms with van der Waals surface area (Å²) in [4.78, 5) is 0. The van der Waals surface area contributed by atoms with E-state index in [1.54, 1.807) is 6.92 Å². The van der Waals surface area contributed by atoms with E-state index in [0.29, 0.717) is 11.3 Å². The van der Waals surface area contributed by atoms with Crippen LogP contribution >= 0.6 is 0 Å². The molecule has 0 spiro atoms. The number of benzene rings is 1. The molecule has 0 saturated carbocycles. The van der Waals surface area contributed by atoms with Gasteiger partial charge in [0, 0.05) is 17.8 Å². The fraction of sp³-hybridized carbons (Fsp3) is 0.538. The molecular weight excluding hydrogens is 296 g/mol. The summed E-state index contributed by atoms with van der Waals surface area (Å²) in [5.74, 6) is 0. The van der Waals surface area contributed by atoms with E-state index in [0.717, 1.165) is 0 Å². The Labute approximate surface area is 126 Å². The van der Waals surface area contributed by atoms with Crippen LogP contribution in [0.2, 0.25) is 0 Å². The van der Waals surface area contributed by atoms with E-state index in [1.165, 1.54) is 18.2 Å². The maximum atomic E-state index is 10.9. The Balaban J connectivity index is 2.11. The molecule has 22 heavy (non-hydrogen) atoms. The third kappa shape index (κ3) is 3.37. The van der Waals surface area contributed by atoms with Gasteiger partial charge in [-0.3, -0.25) is 0 Å². The van der Waals surface area contributed by atoms with Gasteiger partial charge in [-0.25, -0.2) is 5.21 Å². The van der Waals surface area contributed by atoms with Gasteiger partial charge in [0.2, 0.25) is 0 Å². The van der Waals surface area contributed by atoms with Gasteiger partial charge in [0.25, 0.3) is 0 Å². The van der Waals surface area contributed by atoms with Crippen LogP contribution in [0.15, 0.2) is 18.2 Å². The smallest absolute Gasteiger partial charge is 0.164 e. The first-order valence-corrected chi connectivity index (χ1v) is 6.76. The number of aliphatic hydroxyl groups excluding tert-OH is 4. The first-order chi connectivity index (χ1) is 10.3. The van der Waals surface area contributed by atoms with Crippen LogP contribution in [0.4, 0.5) is 11.4 Å². The zero-order valence-corrected chi connectivity index (χ0v) is 11.9. The van der Waals surface area contributed by atoms with Crippen LogP contribution in [0, 0.1) is 12.1 Å². The first-order valence-electron chi connectivity index (χ1n) is 6.76. The SMILES string of the molecule is Cc1cc([NH+]([O-])O)ccc1NC1OC(C(O)CO)C(O)C1O. The standard InChI is InChI=1S/C13H20N2O7/c1-6-4-7(15(20)21)2-3-8(6)14-13-11(19)10(18)12(22-13)9(17)5-16/h2-4,9-20H,5H2,1H3. The van der Waals surface area contributed by atoms with Crippen molar-refractivity contribution in [1.82, 2.24) is 0 Å². The second kappa shape index (κ2) is 6.86. The number of aliphatic hydroxyl groups is 4. The summed E-state index contributed by atoms with van der Waals surface area (Å²) in [6, 6.07) is 4.38. The number of aryl methyl sites for hydroxylation is 1. The molecule has 0 aliphatic carbocycles. The molecule has 1 saturated heterocycles. The number of hydrogen-bond acceptors (Lipinski definition) is 8. The van der Waals surface area contributed by atoms with E-state index in [1.807, 2.05) is 0 Å². The largest absolute Gasteiger partial charge is 0.595 e. The molecule has 1 aromatic rings. The Morgan fingerprint density at radius 3 is 2.59 bits per heavy atom. The predicted molar refractivity (Wildman–Crippen MR) is 74.3 cm³/mol. The minimum absolute atomic E-state index is 0.129. The number of nitrogens with one attached hydrogen (secondary N) is 2. The summed E-state index contributed by atoms with van der Waals surface area (Å²) in [6.07, 6.45) is -6.07. The minimum atomic E-state index is -1.35. The number of hydrogen-bond donors (Lipinski definition) is 7. The van der Waals surface area contributed by atoms with E-state index in [-0.39, 0.29) is 5.69 Å². The van der Waals surface area contributed by atoms with Gasteiger partial charge in [-0.2, -0.15) is 5.23 Å². The molecule has 0 radical (unpaired) electrons. The van der Waals surface area contributed by atoms with E-state index >= 15 is 0 Å². The van der Waals surface area contributed by atoms with E-state index in [4.69, 9.17) is 15.1 Å². The average molecular weight is 316 g/mol. The lowest BCUT2D eigenvalue weighted by Crippen LogP contribution is -2.99. The highest BCUT2D eigenvalue weighted by molar-refractivity contribution is 5.55. The molecule has 6 unspecified atom stereocenters. The molecule has 1 aliphatic rings. The van der Waals surface area contributed by atoms with Crippen LogP contribution in [-0.2, 0) is 4.74 Å². The van der Waals surface area contributed by atoms with E-state index in [9.17, 15) is 20.5 Å². The van der Waals surface area contributed by atoms with Gasteiger partial charge in [0.05, 0.1) is 6.61 Å². The zero-order chi connectivity index (χ0) is 16.4. The van der Waals surface area contributed by atoms with Crippen molar-refractivity contribution in [2.24, 2.45) is 0 Å². The Morgan fingerprint density at radius 2 is 2.05 bits per heavy atom. The Hall–Kier alpha value is -1.30. The second-order valence-electron chi connectivity index (χ2n) is 5.23. The second-order valence-corrected chi connectivity index (χ2v) is 5.23. The van der Waals surface area contributed by atoms with Crippen LogP contribution in [0.3, 0.4) is 0 Å². The molecule has 9 heteroatoms. The van der Waals surface area contributed by atoms with Crippen LogP contribution in [-0.4, -0.2) is 62.9 Å². The molecule has 124 valence electrons. The normalized spacial score (nSPS) is 31.0. The molecule has 1 aromatic carbocycles. The maximum absolute atomic E-state index is 10.9. The summed E-state index contributed by atoms with van der Waals surface area (Å²) in [5, 5.41) is 59.8. The molecule has 1 aliphatic heterocycles. The van der Waals surface area contributed by atoms with Crippen LogP contribution in [0.25, 0.3) is 0 Å². The van der Waals surface area contributed by atoms with Crippen molar-refractivity contribution in [2.45, 2.75) is 37.6 Å². The highest BCUT2D eigenvalue weighted by Gasteiger charge is 2.45. The fourth-order valence-corrected chi connectivity index (χ4v) is 2.36. The van der Waals surface area contributed by atoms with E-state index < -0.39 is 42.5 Å². The Kier molecular flexibility index (Phi) is 5.32. The topological polar surface area (TPSA) is 150 Å². The first kappa shape index (κ1) is 17.1. The van der Waals surface area contributed by atoms with Crippen molar-refractivity contribution in [2.75, 3.05) is 11.9 Å². The molecule has 6 atom stereocenters. The highest BCUT2D eigenvalue weighted by atomic mass is 16.8. The van der Waals surface area contributed by atoms with Crippen LogP contribution < -0.4 is 10.5 Å². The molecule has 0 amide bonds. The zero-order valence-electron chi connectivity index (χ0n) is 11.9. The van der Waals surface area contributed by atoms with Gasteiger partial charge in [-0.05, 0) is 18.6 Å². The molecule has 0 aromatic heterocycles. The van der Waals surface area contributed by atoms with Gasteiger partial charge in [-0.1, -0.05) is 0 Å². The Morgan fingerprint density at radius 1 is 1.36 bits per heavy atom. The molecule has 0 bridgehead atoms. The lowest BCUT2D eigenvalue weighted by molar-refractivity contribution is -0.991. The molecule has 9 nitrogen and oxygen atoms in total. The van der Waals surface area contributed by atoms with Gasteiger partial charge in [0.15, 0.2) is 11.9 Å². The van der Waals surface area contributed by atoms with Crippen LogP contribution in [0.1, 0.15) is 5.56 Å². The van der Waals surface area contributed by atoms with E-state index in [2.05, 4.69) is 5.32 Å². The monoisotopic (exact) mass is 316 g/mol. The molecule has 7 N–H and O–H groups in total. The average Bonchev–Trinajstić information content (AvgIpc) is 2.76. The Bertz CT molecular complexity index is 513. The summed E-state index contributed by atoms with van der Waals surface area (Å²) in [5.41, 5.74) is 1.28. The molecule has 2 rings (SSSR count). The quantitative estimate of drug-likeness (QED) is 0.297. The summed E-state index contributed by atoms with van der Waals surface area (Å²) >= 11 is 0. The van der Waals surface area contributed by atoms with Gasteiger partial charge >= 0.3 is 0 Å². The van der Waals surface area contributed by atoms with Crippen molar-refractivity contribution >= 4 is 11.4 Å². The maximum Gasteiger partial charge on any atom is 0.164 e. The molecular formula is C13H20N2O7. The lowest BCUT2D eigenvalue weighted by atomic mass is 10.1. The van der Waals surface area contributed by atoms with Crippen molar-refractivity contribution in [1.29, 1.82) is 0 Å². The van der Waals surface area contributed by atoms with Gasteiger partial charge < -0.3 is 35.7 Å². The third-order valence-corrected chi connectivity index (χ3v) is 3.64. The highest BCUT2D eigenvalue weighted by Crippen LogP contribution is 2.27. The molecule has 1 heterocycles. The van der Waals surface area contributed by atoms with Crippen molar-refractivity contribution in [3.63, 3.8) is 0 Å². The lowest BCUT2D eigenvalue weighted by Gasteiger charge is -2.21. The minimum Gasteiger partial charge on any atom is -0.595 e. The molecule has 1 fully saturated rings. The number of ether oxygens (including phenoxy) is 1. The number of anilines is 1. The van der Waals surface area contributed by atoms with Crippen molar-refractivity contribution in [3.05, 3.63) is 29.0 Å². The number of quaternary nitrogens is 1. The summed E-state index contributed by atoms with van der Waals surface area (Å²) in [7, 11) is 0. The van der Waals surface area contributed by atoms with Crippen molar-refractivity contribution in [3.8, 4) is 0 Å². The fourth-order valence-electron chi connectivity index (χ4n) is 2.36. The summed E-state index contributed by atoms with van der Waals surface area (Å²) in [6.45, 7) is 1.08. The predicted octanol–water partition coefficient (Wildman–Crippen LogP) is -2.39. The van der Waals surface area contributed by atoms with Gasteiger partial charge in [-0.15, -0.1) is 0 Å². The number of rotatable bonds is 5. The summed E-state index contributed by atoms with van der Waals surface area (Å²) < 4.78 is 5.34. The third-order valence-electron chi connectivity index (χ3n) is 3.64.